The molecule has 0 saturated carbocycles. The first-order chi connectivity index (χ1) is 4.72. The Bertz CT molecular complexity index is 183. The molecule has 56 valence electrons. The highest BCUT2D eigenvalue weighted by molar-refractivity contribution is 5.30. The Morgan fingerprint density at radius 1 is 1.70 bits per heavy atom. The second kappa shape index (κ2) is 2.70. The van der Waals surface area contributed by atoms with Gasteiger partial charge < -0.3 is 4.52 Å². The van der Waals surface area contributed by atoms with Gasteiger partial charge in [-0.05, 0) is 13.8 Å². The van der Waals surface area contributed by atoms with Gasteiger partial charge in [-0.3, -0.25) is 5.01 Å². The lowest BCUT2D eigenvalue weighted by atomic mass is 10.4. The molecule has 0 amide bonds. The predicted octanol–water partition coefficient (Wildman–Crippen LogP) is 0.763. The zero-order valence-corrected chi connectivity index (χ0v) is 6.11. The minimum absolute atomic E-state index is 0.230. The van der Waals surface area contributed by atoms with E-state index in [0.717, 1.165) is 0 Å². The first-order valence-electron chi connectivity index (χ1n) is 3.16. The minimum atomic E-state index is 0.230. The average Bonchev–Trinajstić information content (AvgIpc) is 2.36. The van der Waals surface area contributed by atoms with Crippen LogP contribution in [0.1, 0.15) is 13.8 Å². The molecule has 0 aromatic carbocycles. The van der Waals surface area contributed by atoms with E-state index in [0.29, 0.717) is 5.88 Å². The van der Waals surface area contributed by atoms with Crippen LogP contribution in [0, 0.1) is 0 Å². The lowest BCUT2D eigenvalue weighted by Gasteiger charge is -2.17. The Kier molecular flexibility index (Phi) is 1.91. The molecule has 1 aromatic heterocycles. The summed E-state index contributed by atoms with van der Waals surface area (Å²) in [5, 5.41) is 5.05. The molecule has 0 aliphatic rings. The molecule has 0 bridgehead atoms. The van der Waals surface area contributed by atoms with Crippen LogP contribution in [0.4, 0.5) is 5.88 Å². The monoisotopic (exact) mass is 141 g/mol. The van der Waals surface area contributed by atoms with Crippen LogP contribution in [0.3, 0.4) is 0 Å². The molecule has 1 rings (SSSR count). The van der Waals surface area contributed by atoms with Crippen LogP contribution >= 0.6 is 0 Å². The Morgan fingerprint density at radius 2 is 2.40 bits per heavy atom. The first-order valence-corrected chi connectivity index (χ1v) is 3.16. The molecule has 0 fully saturated rings. The van der Waals surface area contributed by atoms with Gasteiger partial charge in [0.25, 0.3) is 0 Å². The zero-order valence-electron chi connectivity index (χ0n) is 6.11. The van der Waals surface area contributed by atoms with Crippen molar-refractivity contribution in [2.75, 3.05) is 5.01 Å². The fraction of sp³-hybridized carbons (Fsp3) is 0.500. The molecule has 4 nitrogen and oxygen atoms in total. The molecule has 0 unspecified atom stereocenters. The summed E-state index contributed by atoms with van der Waals surface area (Å²) >= 11 is 0. The van der Waals surface area contributed by atoms with E-state index in [1.54, 1.807) is 12.3 Å². The van der Waals surface area contributed by atoms with Crippen molar-refractivity contribution in [3.63, 3.8) is 0 Å². The van der Waals surface area contributed by atoms with Crippen LogP contribution in [-0.2, 0) is 0 Å². The number of anilines is 1. The molecule has 1 aromatic rings. The summed E-state index contributed by atoms with van der Waals surface area (Å²) < 4.78 is 4.81. The lowest BCUT2D eigenvalue weighted by molar-refractivity contribution is 0.409. The quantitative estimate of drug-likeness (QED) is 0.488. The van der Waals surface area contributed by atoms with E-state index in [2.05, 4.69) is 5.16 Å². The molecule has 0 saturated heterocycles. The topological polar surface area (TPSA) is 55.3 Å². The summed E-state index contributed by atoms with van der Waals surface area (Å²) in [5.74, 6) is 6.17. The van der Waals surface area contributed by atoms with Crippen LogP contribution in [0.15, 0.2) is 16.8 Å². The van der Waals surface area contributed by atoms with Crippen molar-refractivity contribution in [3.8, 4) is 0 Å². The maximum absolute atomic E-state index is 5.58. The van der Waals surface area contributed by atoms with E-state index in [4.69, 9.17) is 10.4 Å². The maximum Gasteiger partial charge on any atom is 0.241 e. The number of nitrogens with two attached hydrogens (primary N) is 1. The van der Waals surface area contributed by atoms with Crippen molar-refractivity contribution in [1.29, 1.82) is 0 Å². The molecule has 2 N–H and O–H groups in total. The molecule has 1 heterocycles. The minimum Gasteiger partial charge on any atom is -0.337 e. The zero-order chi connectivity index (χ0) is 7.56. The van der Waals surface area contributed by atoms with E-state index in [1.165, 1.54) is 5.01 Å². The third kappa shape index (κ3) is 1.27. The van der Waals surface area contributed by atoms with Crippen LogP contribution in [0.25, 0.3) is 0 Å². The fourth-order valence-electron chi connectivity index (χ4n) is 0.597. The summed E-state index contributed by atoms with van der Waals surface area (Å²) in [4.78, 5) is 0. The Morgan fingerprint density at radius 3 is 2.80 bits per heavy atom. The summed E-state index contributed by atoms with van der Waals surface area (Å²) in [6.07, 6.45) is 1.57. The summed E-state index contributed by atoms with van der Waals surface area (Å²) in [5.41, 5.74) is 0. The number of rotatable bonds is 2. The Balaban J connectivity index is 2.68. The molecule has 0 aliphatic carbocycles. The molecule has 10 heavy (non-hydrogen) atoms. The third-order valence-electron chi connectivity index (χ3n) is 1.24. The van der Waals surface area contributed by atoms with Gasteiger partial charge in [0.2, 0.25) is 5.88 Å². The van der Waals surface area contributed by atoms with Gasteiger partial charge in [0.1, 0.15) is 0 Å². The molecular weight excluding hydrogens is 130 g/mol. The molecule has 0 radical (unpaired) electrons. The van der Waals surface area contributed by atoms with Gasteiger partial charge in [-0.1, -0.05) is 5.16 Å². The smallest absolute Gasteiger partial charge is 0.241 e. The van der Waals surface area contributed by atoms with Gasteiger partial charge in [-0.25, -0.2) is 5.84 Å². The van der Waals surface area contributed by atoms with Gasteiger partial charge in [-0.15, -0.1) is 0 Å². The number of hydrazine groups is 1. The van der Waals surface area contributed by atoms with Crippen LogP contribution in [0.5, 0.6) is 0 Å². The highest BCUT2D eigenvalue weighted by atomic mass is 16.5. The molecule has 0 spiro atoms. The van der Waals surface area contributed by atoms with Crippen LogP contribution in [0.2, 0.25) is 0 Å². The molecular formula is C6H11N3O. The lowest BCUT2D eigenvalue weighted by Crippen LogP contribution is -2.36. The highest BCUT2D eigenvalue weighted by Crippen LogP contribution is 2.10. The van der Waals surface area contributed by atoms with Crippen molar-refractivity contribution in [2.45, 2.75) is 19.9 Å². The summed E-state index contributed by atoms with van der Waals surface area (Å²) in [6.45, 7) is 3.95. The standard InChI is InChI=1S/C6H11N3O/c1-5(2)9(7)6-3-4-8-10-6/h3-5H,7H2,1-2H3. The second-order valence-electron chi connectivity index (χ2n) is 2.35. The van der Waals surface area contributed by atoms with Gasteiger partial charge in [0.15, 0.2) is 0 Å². The number of aromatic nitrogens is 1. The van der Waals surface area contributed by atoms with Crippen LogP contribution in [-0.4, -0.2) is 11.2 Å². The first kappa shape index (κ1) is 7.08. The SMILES string of the molecule is CC(C)N(N)c1ccno1. The van der Waals surface area contributed by atoms with Gasteiger partial charge in [0, 0.05) is 12.1 Å². The van der Waals surface area contributed by atoms with E-state index in [-0.39, 0.29) is 6.04 Å². The second-order valence-corrected chi connectivity index (χ2v) is 2.35. The van der Waals surface area contributed by atoms with Gasteiger partial charge >= 0.3 is 0 Å². The fourth-order valence-corrected chi connectivity index (χ4v) is 0.597. The summed E-state index contributed by atoms with van der Waals surface area (Å²) in [7, 11) is 0. The Hall–Kier alpha value is -1.03. The average molecular weight is 141 g/mol. The van der Waals surface area contributed by atoms with Crippen molar-refractivity contribution < 1.29 is 4.52 Å². The predicted molar refractivity (Wildman–Crippen MR) is 38.3 cm³/mol. The Labute approximate surface area is 59.6 Å². The maximum atomic E-state index is 5.58. The number of hydrogen-bond donors (Lipinski definition) is 1. The van der Waals surface area contributed by atoms with Crippen molar-refractivity contribution >= 4 is 5.88 Å². The van der Waals surface area contributed by atoms with E-state index in [9.17, 15) is 0 Å². The number of nitrogens with zero attached hydrogens (tertiary/aromatic N) is 2. The third-order valence-corrected chi connectivity index (χ3v) is 1.24. The van der Waals surface area contributed by atoms with E-state index >= 15 is 0 Å². The molecule has 0 aliphatic heterocycles. The normalized spacial score (nSPS) is 10.4. The number of hydrogen-bond acceptors (Lipinski definition) is 4. The van der Waals surface area contributed by atoms with Gasteiger partial charge in [-0.2, -0.15) is 0 Å². The van der Waals surface area contributed by atoms with Crippen molar-refractivity contribution in [3.05, 3.63) is 12.3 Å². The summed E-state index contributed by atoms with van der Waals surface area (Å²) in [6, 6.07) is 1.95. The van der Waals surface area contributed by atoms with Crippen molar-refractivity contribution in [2.24, 2.45) is 5.84 Å². The molecule has 4 heteroatoms. The highest BCUT2D eigenvalue weighted by Gasteiger charge is 2.07. The van der Waals surface area contributed by atoms with E-state index < -0.39 is 0 Å². The van der Waals surface area contributed by atoms with Crippen molar-refractivity contribution in [1.82, 2.24) is 5.16 Å². The van der Waals surface area contributed by atoms with E-state index in [1.807, 2.05) is 13.8 Å². The van der Waals surface area contributed by atoms with Gasteiger partial charge in [0.05, 0.1) is 6.20 Å². The molecule has 0 atom stereocenters. The largest absolute Gasteiger partial charge is 0.337 e. The van der Waals surface area contributed by atoms with Crippen LogP contribution < -0.4 is 10.9 Å².